The zero-order chi connectivity index (χ0) is 15.8. The zero-order valence-corrected chi connectivity index (χ0v) is 13.3. The molecule has 0 N–H and O–H groups in total. The van der Waals surface area contributed by atoms with E-state index in [1.54, 1.807) is 0 Å². The van der Waals surface area contributed by atoms with Crippen LogP contribution in [0.4, 0.5) is 9.59 Å². The minimum Gasteiger partial charge on any atom is -0.351 e. The average molecular weight is 336 g/mol. The van der Waals surface area contributed by atoms with Crippen molar-refractivity contribution in [3.63, 3.8) is 0 Å². The molecule has 2 saturated heterocycles. The lowest BCUT2D eigenvalue weighted by molar-refractivity contribution is -0.130. The summed E-state index contributed by atoms with van der Waals surface area (Å²) in [6, 6.07) is 0. The fraction of sp³-hybridized carbons (Fsp3) is 0.833. The van der Waals surface area contributed by atoms with Gasteiger partial charge in [0.2, 0.25) is 0 Å². The van der Waals surface area contributed by atoms with Gasteiger partial charge in [-0.1, -0.05) is 12.8 Å². The second kappa shape index (κ2) is 8.97. The van der Waals surface area contributed by atoms with Gasteiger partial charge >= 0.3 is 20.6 Å². The maximum absolute atomic E-state index is 11.4. The smallest absolute Gasteiger partial charge is 0.351 e. The highest BCUT2D eigenvalue weighted by Gasteiger charge is 2.22. The average Bonchev–Trinajstić information content (AvgIpc) is 2.48. The molecule has 0 amide bonds. The van der Waals surface area contributed by atoms with Crippen molar-refractivity contribution in [1.29, 1.82) is 0 Å². The van der Waals surface area contributed by atoms with Crippen molar-refractivity contribution >= 4 is 20.6 Å². The summed E-state index contributed by atoms with van der Waals surface area (Å²) in [7, 11) is -3.34. The highest BCUT2D eigenvalue weighted by molar-refractivity contribution is 7.34. The van der Waals surface area contributed by atoms with Crippen molar-refractivity contribution < 1.29 is 32.9 Å². The van der Waals surface area contributed by atoms with Crippen LogP contribution in [0.25, 0.3) is 0 Å². The van der Waals surface area contributed by atoms with Gasteiger partial charge in [-0.25, -0.2) is 14.2 Å². The summed E-state index contributed by atoms with van der Waals surface area (Å²) in [5.74, 6) is 0. The number of hydrogen-bond donors (Lipinski definition) is 0. The van der Waals surface area contributed by atoms with Gasteiger partial charge in [0.1, 0.15) is 0 Å². The van der Waals surface area contributed by atoms with Gasteiger partial charge in [-0.15, -0.1) is 10.1 Å². The number of hydrogen-bond acceptors (Lipinski definition) is 9. The van der Waals surface area contributed by atoms with E-state index < -0.39 is 20.6 Å². The molecule has 2 heterocycles. The van der Waals surface area contributed by atoms with Crippen molar-refractivity contribution in [1.82, 2.24) is 10.1 Å². The van der Waals surface area contributed by atoms with E-state index in [4.69, 9.17) is 9.68 Å². The Labute approximate surface area is 129 Å². The Bertz CT molecular complexity index is 372. The number of carbonyl (C=O) groups is 2. The Morgan fingerprint density at radius 1 is 0.682 bits per heavy atom. The third-order valence-corrected chi connectivity index (χ3v) is 4.04. The third kappa shape index (κ3) is 6.21. The summed E-state index contributed by atoms with van der Waals surface area (Å²) in [6.07, 6.45) is 3.55. The number of rotatable bonds is 4. The van der Waals surface area contributed by atoms with Crippen molar-refractivity contribution in [2.75, 3.05) is 26.2 Å². The molecule has 126 valence electrons. The molecule has 2 aliphatic rings. The second-order valence-corrected chi connectivity index (χ2v) is 6.02. The van der Waals surface area contributed by atoms with Crippen molar-refractivity contribution in [3.8, 4) is 0 Å². The van der Waals surface area contributed by atoms with Crippen LogP contribution in [0.15, 0.2) is 0 Å². The molecule has 0 aromatic heterocycles. The Morgan fingerprint density at radius 2 is 1.05 bits per heavy atom. The summed E-state index contributed by atoms with van der Waals surface area (Å²) in [6.45, 7) is 2.42. The Hall–Kier alpha value is -1.31. The van der Waals surface area contributed by atoms with Crippen LogP contribution < -0.4 is 0 Å². The van der Waals surface area contributed by atoms with E-state index in [0.717, 1.165) is 38.5 Å². The molecular weight excluding hydrogens is 315 g/mol. The monoisotopic (exact) mass is 336 g/mol. The summed E-state index contributed by atoms with van der Waals surface area (Å²) in [4.78, 5) is 32.5. The predicted octanol–water partition coefficient (Wildman–Crippen LogP) is 2.48. The normalized spacial score (nSPS) is 20.4. The molecule has 0 radical (unpaired) electrons. The van der Waals surface area contributed by atoms with Crippen LogP contribution in [-0.4, -0.2) is 48.6 Å². The summed E-state index contributed by atoms with van der Waals surface area (Å²) >= 11 is 0. The van der Waals surface area contributed by atoms with Gasteiger partial charge in [-0.3, -0.25) is 0 Å². The van der Waals surface area contributed by atoms with Gasteiger partial charge in [0.25, 0.3) is 0 Å². The van der Waals surface area contributed by atoms with Gasteiger partial charge in [-0.2, -0.15) is 0 Å². The maximum Gasteiger partial charge on any atom is 0.535 e. The quantitative estimate of drug-likeness (QED) is 0.717. The van der Waals surface area contributed by atoms with Crippen molar-refractivity contribution in [2.45, 2.75) is 38.5 Å². The molecule has 2 fully saturated rings. The molecule has 2 aliphatic heterocycles. The molecule has 0 aromatic carbocycles. The molecule has 0 unspecified atom stereocenters. The Balaban J connectivity index is 1.63. The highest BCUT2D eigenvalue weighted by Crippen LogP contribution is 2.26. The second-order valence-electron chi connectivity index (χ2n) is 5.12. The topological polar surface area (TPSA) is 94.6 Å². The minimum absolute atomic E-state index is 0.605. The molecule has 0 aliphatic carbocycles. The van der Waals surface area contributed by atoms with Crippen LogP contribution in [0, 0.1) is 0 Å². The fourth-order valence-corrected chi connectivity index (χ4v) is 2.71. The van der Waals surface area contributed by atoms with Crippen LogP contribution in [-0.2, 0) is 23.3 Å². The largest absolute Gasteiger partial charge is 0.535 e. The van der Waals surface area contributed by atoms with Gasteiger partial charge < -0.3 is 18.7 Å². The van der Waals surface area contributed by atoms with Crippen LogP contribution in [0.3, 0.4) is 0 Å². The van der Waals surface area contributed by atoms with E-state index >= 15 is 0 Å². The van der Waals surface area contributed by atoms with Crippen LogP contribution in [0.1, 0.15) is 38.5 Å². The van der Waals surface area contributed by atoms with E-state index in [1.165, 1.54) is 10.1 Å². The predicted molar refractivity (Wildman–Crippen MR) is 75.0 cm³/mol. The lowest BCUT2D eigenvalue weighted by Gasteiger charge is -2.24. The first-order valence-electron chi connectivity index (χ1n) is 7.47. The first-order chi connectivity index (χ1) is 10.6. The number of carbonyl (C=O) groups excluding carboxylic acids is 2. The summed E-state index contributed by atoms with van der Waals surface area (Å²) in [5.41, 5.74) is 0. The van der Waals surface area contributed by atoms with Gasteiger partial charge in [0.15, 0.2) is 0 Å². The SMILES string of the molecule is O=C(ON1CCCCC1)O[PH](=O)OC(=O)ON1CCCCC1. The lowest BCUT2D eigenvalue weighted by Crippen LogP contribution is -2.32. The standard InChI is InChI=1S/C12H21N2O7P/c15-11(18-13-7-3-1-4-8-13)20-22(17)21-12(16)19-14-9-5-2-6-10-14/h22H,1-10H2. The molecule has 0 aromatic rings. The Kier molecular flexibility index (Phi) is 6.95. The molecule has 0 saturated carbocycles. The molecule has 0 bridgehead atoms. The summed E-state index contributed by atoms with van der Waals surface area (Å²) in [5, 5.41) is 2.88. The number of hydroxylamine groups is 4. The van der Waals surface area contributed by atoms with Gasteiger partial charge in [0, 0.05) is 26.2 Å². The van der Waals surface area contributed by atoms with E-state index in [9.17, 15) is 14.2 Å². The van der Waals surface area contributed by atoms with E-state index in [0.29, 0.717) is 26.2 Å². The molecule has 9 nitrogen and oxygen atoms in total. The van der Waals surface area contributed by atoms with Crippen LogP contribution in [0.5, 0.6) is 0 Å². The highest BCUT2D eigenvalue weighted by atomic mass is 31.1. The van der Waals surface area contributed by atoms with E-state index in [2.05, 4.69) is 9.05 Å². The fourth-order valence-electron chi connectivity index (χ4n) is 2.32. The van der Waals surface area contributed by atoms with E-state index in [1.807, 2.05) is 0 Å². The zero-order valence-electron chi connectivity index (χ0n) is 12.3. The summed E-state index contributed by atoms with van der Waals surface area (Å²) < 4.78 is 20.3. The lowest BCUT2D eigenvalue weighted by atomic mass is 10.2. The molecule has 10 heteroatoms. The van der Waals surface area contributed by atoms with Gasteiger partial charge in [0.05, 0.1) is 0 Å². The minimum atomic E-state index is -3.34. The first kappa shape index (κ1) is 17.1. The van der Waals surface area contributed by atoms with E-state index in [-0.39, 0.29) is 0 Å². The van der Waals surface area contributed by atoms with Gasteiger partial charge in [-0.05, 0) is 25.7 Å². The Morgan fingerprint density at radius 3 is 1.41 bits per heavy atom. The molecule has 2 rings (SSSR count). The van der Waals surface area contributed by atoms with Crippen LogP contribution >= 0.6 is 8.25 Å². The first-order valence-corrected chi connectivity index (χ1v) is 8.69. The molecule has 0 spiro atoms. The maximum atomic E-state index is 11.4. The molecule has 22 heavy (non-hydrogen) atoms. The van der Waals surface area contributed by atoms with Crippen molar-refractivity contribution in [2.24, 2.45) is 0 Å². The number of nitrogens with zero attached hydrogens (tertiary/aromatic N) is 2. The van der Waals surface area contributed by atoms with Crippen LogP contribution in [0.2, 0.25) is 0 Å². The number of piperidine rings is 2. The molecular formula is C12H21N2O7P. The molecule has 0 atom stereocenters. The third-order valence-electron chi connectivity index (χ3n) is 3.37. The van der Waals surface area contributed by atoms with Crippen molar-refractivity contribution in [3.05, 3.63) is 0 Å².